The Morgan fingerprint density at radius 1 is 1.18 bits per heavy atom. The molecule has 1 saturated carbocycles. The summed E-state index contributed by atoms with van der Waals surface area (Å²) in [6, 6.07) is 1.93. The SMILES string of the molecule is CN(c1ccc(S(F)(F)(F)(F)F)cc1)C(C(=O)NC1CCC(F)(F)CC1)c1cccnc1F.C[C@@]1(O)CC(C=O)N(C#N)C1. The molecule has 0 spiro atoms. The number of rotatable bonds is 7. The number of aliphatic hydroxyl groups is 1. The van der Waals surface area contributed by atoms with Crippen molar-refractivity contribution in [1.82, 2.24) is 15.2 Å². The van der Waals surface area contributed by atoms with Gasteiger partial charge in [0.05, 0.1) is 18.2 Å². The highest BCUT2D eigenvalue weighted by atomic mass is 32.5. The number of likely N-dealkylation sites (tertiary alicyclic amines) is 1. The summed E-state index contributed by atoms with van der Waals surface area (Å²) in [5.41, 5.74) is -1.20. The van der Waals surface area contributed by atoms with Crippen LogP contribution in [-0.4, -0.2) is 64.4 Å². The van der Waals surface area contributed by atoms with Crippen LogP contribution in [0.2, 0.25) is 0 Å². The Morgan fingerprint density at radius 2 is 1.77 bits per heavy atom. The van der Waals surface area contributed by atoms with Crippen molar-refractivity contribution in [2.45, 2.75) is 73.6 Å². The highest BCUT2D eigenvalue weighted by molar-refractivity contribution is 8.45. The molecule has 2 aliphatic rings. The lowest BCUT2D eigenvalue weighted by molar-refractivity contribution is -0.124. The Morgan fingerprint density at radius 3 is 2.25 bits per heavy atom. The van der Waals surface area contributed by atoms with Gasteiger partial charge in [0.2, 0.25) is 17.8 Å². The molecule has 3 atom stereocenters. The minimum Gasteiger partial charge on any atom is -0.388 e. The molecule has 1 saturated heterocycles. The first-order chi connectivity index (χ1) is 20.1. The van der Waals surface area contributed by atoms with Crippen LogP contribution in [0.1, 0.15) is 50.6 Å². The second kappa shape index (κ2) is 11.7. The summed E-state index contributed by atoms with van der Waals surface area (Å²) in [4.78, 5) is 27.2. The Balaban J connectivity index is 0.000000404. The number of halogens is 8. The van der Waals surface area contributed by atoms with E-state index < -0.39 is 69.5 Å². The van der Waals surface area contributed by atoms with Crippen molar-refractivity contribution < 1.29 is 47.3 Å². The van der Waals surface area contributed by atoms with E-state index in [0.29, 0.717) is 12.7 Å². The first-order valence-corrected chi connectivity index (χ1v) is 15.2. The molecule has 8 nitrogen and oxygen atoms in total. The topological polar surface area (TPSA) is 110 Å². The number of nitrogens with one attached hydrogen (secondary N) is 1. The number of likely N-dealkylation sites (N-methyl/N-ethyl adjacent to an activating group) is 1. The van der Waals surface area contributed by atoms with Crippen molar-refractivity contribution in [2.75, 3.05) is 18.5 Å². The van der Waals surface area contributed by atoms with Gasteiger partial charge in [-0.1, -0.05) is 25.5 Å². The summed E-state index contributed by atoms with van der Waals surface area (Å²) in [5.74, 6) is -4.66. The lowest BCUT2D eigenvalue weighted by Gasteiger charge is -2.40. The van der Waals surface area contributed by atoms with E-state index in [1.807, 2.05) is 6.19 Å². The van der Waals surface area contributed by atoms with Crippen molar-refractivity contribution in [3.05, 3.63) is 54.1 Å². The van der Waals surface area contributed by atoms with Crippen molar-refractivity contribution in [3.63, 3.8) is 0 Å². The fraction of sp³-hybridized carbons (Fsp3) is 0.481. The predicted octanol–water partition coefficient (Wildman–Crippen LogP) is 6.24. The normalized spacial score (nSPS) is 24.0. The third-order valence-electron chi connectivity index (χ3n) is 7.32. The average Bonchev–Trinajstić information content (AvgIpc) is 3.24. The molecule has 2 N–H and O–H groups in total. The van der Waals surface area contributed by atoms with E-state index in [0.717, 1.165) is 23.2 Å². The minimum absolute atomic E-state index is 0.0106. The number of amides is 1. The lowest BCUT2D eigenvalue weighted by Crippen LogP contribution is -2.46. The van der Waals surface area contributed by atoms with Crippen molar-refractivity contribution in [2.24, 2.45) is 0 Å². The van der Waals surface area contributed by atoms with Crippen molar-refractivity contribution >= 4 is 28.1 Å². The van der Waals surface area contributed by atoms with Gasteiger partial charge in [0.1, 0.15) is 17.2 Å². The molecule has 1 aromatic carbocycles. The Hall–Kier alpha value is -3.65. The number of anilines is 1. The van der Waals surface area contributed by atoms with Crippen molar-refractivity contribution in [1.29, 1.82) is 5.26 Å². The summed E-state index contributed by atoms with van der Waals surface area (Å²) < 4.78 is 106. The van der Waals surface area contributed by atoms with Gasteiger partial charge in [-0.3, -0.25) is 9.69 Å². The van der Waals surface area contributed by atoms with E-state index in [-0.39, 0.29) is 42.8 Å². The van der Waals surface area contributed by atoms with Crippen molar-refractivity contribution in [3.8, 4) is 6.19 Å². The molecule has 44 heavy (non-hydrogen) atoms. The zero-order valence-corrected chi connectivity index (χ0v) is 24.4. The van der Waals surface area contributed by atoms with Gasteiger partial charge < -0.3 is 20.1 Å². The van der Waals surface area contributed by atoms with E-state index >= 15 is 0 Å². The molecule has 2 fully saturated rings. The number of aldehydes is 1. The van der Waals surface area contributed by atoms with Gasteiger partial charge in [0.25, 0.3) is 0 Å². The molecule has 0 radical (unpaired) electrons. The molecule has 2 heterocycles. The van der Waals surface area contributed by atoms with Crippen LogP contribution in [-0.2, 0) is 9.59 Å². The first-order valence-electron chi connectivity index (χ1n) is 13.3. The van der Waals surface area contributed by atoms with Gasteiger partial charge >= 0.3 is 10.2 Å². The van der Waals surface area contributed by atoms with Gasteiger partial charge in [-0.15, -0.1) is 0 Å². The molecule has 17 heteroatoms. The number of hydrogen-bond donors (Lipinski definition) is 2. The van der Waals surface area contributed by atoms with E-state index in [1.54, 1.807) is 6.92 Å². The number of β-amino-alcohol motifs (C(OH)–C–C–N with tert-alkyl or cyclic N) is 1. The number of nitrogens with zero attached hydrogens (tertiary/aromatic N) is 4. The molecule has 1 aliphatic carbocycles. The maximum Gasteiger partial charge on any atom is 0.310 e. The number of aromatic nitrogens is 1. The Kier molecular flexibility index (Phi) is 9.26. The summed E-state index contributed by atoms with van der Waals surface area (Å²) in [6.07, 6.45) is 3.15. The Labute approximate surface area is 248 Å². The van der Waals surface area contributed by atoms with E-state index in [2.05, 4.69) is 10.3 Å². The molecule has 2 aromatic rings. The number of pyridine rings is 1. The molecular formula is C27H31F8N5O3S. The van der Waals surface area contributed by atoms with Crippen LogP contribution in [0, 0.1) is 17.4 Å². The van der Waals surface area contributed by atoms with Gasteiger partial charge in [0, 0.05) is 49.8 Å². The maximum atomic E-state index is 14.4. The second-order valence-corrected chi connectivity index (χ2v) is 13.5. The van der Waals surface area contributed by atoms with Gasteiger partial charge in [-0.05, 0) is 50.1 Å². The molecule has 1 aliphatic heterocycles. The quantitative estimate of drug-likeness (QED) is 0.157. The maximum absolute atomic E-state index is 14.4. The minimum atomic E-state index is -9.90. The third kappa shape index (κ3) is 8.94. The highest BCUT2D eigenvalue weighted by Gasteiger charge is 2.65. The molecule has 244 valence electrons. The number of alkyl halides is 2. The largest absolute Gasteiger partial charge is 0.388 e. The fourth-order valence-electron chi connectivity index (χ4n) is 5.02. The zero-order chi connectivity index (χ0) is 33.2. The Bertz CT molecular complexity index is 1390. The lowest BCUT2D eigenvalue weighted by atomic mass is 9.92. The molecular weight excluding hydrogens is 626 g/mol. The highest BCUT2D eigenvalue weighted by Crippen LogP contribution is 3.02. The average molecular weight is 658 g/mol. The molecule has 2 unspecified atom stereocenters. The third-order valence-corrected chi connectivity index (χ3v) is 8.48. The van der Waals surface area contributed by atoms with E-state index in [9.17, 15) is 47.3 Å². The van der Waals surface area contributed by atoms with Crippen LogP contribution in [0.3, 0.4) is 0 Å². The molecule has 1 aromatic heterocycles. The summed E-state index contributed by atoms with van der Waals surface area (Å²) in [5, 5.41) is 20.5. The molecule has 0 bridgehead atoms. The number of carbonyl (C=O) groups excluding carboxylic acids is 2. The van der Waals surface area contributed by atoms with Crippen LogP contribution in [0.25, 0.3) is 0 Å². The summed E-state index contributed by atoms with van der Waals surface area (Å²) >= 11 is 0. The van der Waals surface area contributed by atoms with Crippen LogP contribution in [0.5, 0.6) is 0 Å². The van der Waals surface area contributed by atoms with E-state index in [1.165, 1.54) is 24.1 Å². The summed E-state index contributed by atoms with van der Waals surface area (Å²) in [7, 11) is -8.63. The second-order valence-electron chi connectivity index (χ2n) is 11.1. The number of hydrogen-bond acceptors (Lipinski definition) is 7. The summed E-state index contributed by atoms with van der Waals surface area (Å²) in [6.45, 7) is 1.88. The monoisotopic (exact) mass is 657 g/mol. The number of carbonyl (C=O) groups is 2. The van der Waals surface area contributed by atoms with Gasteiger partial charge in [-0.2, -0.15) is 9.65 Å². The number of benzene rings is 1. The van der Waals surface area contributed by atoms with Crippen LogP contribution < -0.4 is 10.2 Å². The van der Waals surface area contributed by atoms with Crippen LogP contribution in [0.4, 0.5) is 38.3 Å². The van der Waals surface area contributed by atoms with Gasteiger partial charge in [0.15, 0.2) is 6.19 Å². The van der Waals surface area contributed by atoms with Crippen LogP contribution >= 0.6 is 10.2 Å². The fourth-order valence-corrected chi connectivity index (χ4v) is 5.67. The zero-order valence-electron chi connectivity index (χ0n) is 23.6. The number of nitriles is 1. The predicted molar refractivity (Wildman–Crippen MR) is 146 cm³/mol. The van der Waals surface area contributed by atoms with E-state index in [4.69, 9.17) is 5.26 Å². The molecule has 4 rings (SSSR count). The smallest absolute Gasteiger partial charge is 0.310 e. The molecule has 1 amide bonds. The first kappa shape index (κ1) is 34.8. The van der Waals surface area contributed by atoms with Gasteiger partial charge in [-0.25, -0.2) is 13.8 Å². The standard InChI is InChI=1S/C20H21F8N3OS.C7H10N2O2/c1-31(14-4-6-15(7-5-14)33(24,25,26,27)28)17(16-3-2-12-29-18(16)21)19(32)30-13-8-10-20(22,23)11-9-13;1-7(11)2-6(3-10)9(4-7)5-8/h2-7,12-13,17H,8-11H2,1H3,(H,30,32);3,6,11H,2,4H2,1H3/t;6?,7-/m.1/s1. The van der Waals surface area contributed by atoms with Crippen LogP contribution in [0.15, 0.2) is 47.5 Å².